The molecule has 28 heavy (non-hydrogen) atoms. The molecule has 0 spiro atoms. The van der Waals surface area contributed by atoms with Crippen molar-refractivity contribution in [3.63, 3.8) is 0 Å². The van der Waals surface area contributed by atoms with Crippen LogP contribution in [0.1, 0.15) is 22.7 Å². The minimum Gasteiger partial charge on any atom is -0.497 e. The van der Waals surface area contributed by atoms with Crippen LogP contribution in [0.4, 0.5) is 4.79 Å². The van der Waals surface area contributed by atoms with Gasteiger partial charge >= 0.3 is 6.03 Å². The van der Waals surface area contributed by atoms with Gasteiger partial charge in [-0.2, -0.15) is 0 Å². The number of aryl methyl sites for hydroxylation is 1. The highest BCUT2D eigenvalue weighted by molar-refractivity contribution is 6.01. The average Bonchev–Trinajstić information content (AvgIpc) is 3.01. The molecule has 2 aliphatic heterocycles. The number of nitrogens with one attached hydrogen (secondary N) is 2. The van der Waals surface area contributed by atoms with E-state index in [9.17, 15) is 9.59 Å². The molecule has 6 nitrogen and oxygen atoms in total. The number of benzene rings is 2. The number of nitrogens with zero attached hydrogens (tertiary/aromatic N) is 1. The molecular formula is C22H23N3O3. The Morgan fingerprint density at radius 1 is 1.14 bits per heavy atom. The summed E-state index contributed by atoms with van der Waals surface area (Å²) in [5.74, 6) is 0.787. The van der Waals surface area contributed by atoms with E-state index in [1.807, 2.05) is 55.5 Å². The van der Waals surface area contributed by atoms with E-state index in [4.69, 9.17) is 4.74 Å². The van der Waals surface area contributed by atoms with Crippen LogP contribution < -0.4 is 15.4 Å². The van der Waals surface area contributed by atoms with Gasteiger partial charge in [-0.25, -0.2) is 4.79 Å². The highest BCUT2D eigenvalue weighted by Crippen LogP contribution is 2.32. The molecule has 144 valence electrons. The molecule has 0 saturated carbocycles. The summed E-state index contributed by atoms with van der Waals surface area (Å²) < 4.78 is 5.18. The molecule has 2 aliphatic rings. The Hall–Kier alpha value is -3.28. The van der Waals surface area contributed by atoms with Crippen LogP contribution in [0.3, 0.4) is 0 Å². The monoisotopic (exact) mass is 377 g/mol. The molecule has 3 amide bonds. The molecule has 6 heteroatoms. The van der Waals surface area contributed by atoms with E-state index in [0.717, 1.165) is 28.9 Å². The van der Waals surface area contributed by atoms with Crippen LogP contribution in [-0.2, 0) is 11.2 Å². The van der Waals surface area contributed by atoms with Crippen molar-refractivity contribution in [2.45, 2.75) is 19.4 Å². The van der Waals surface area contributed by atoms with Crippen LogP contribution in [0.5, 0.6) is 5.75 Å². The van der Waals surface area contributed by atoms with Crippen LogP contribution >= 0.6 is 0 Å². The second-order valence-electron chi connectivity index (χ2n) is 7.16. The number of carbonyl (C=O) groups excluding carboxylic acids is 2. The van der Waals surface area contributed by atoms with Gasteiger partial charge in [0.1, 0.15) is 5.75 Å². The van der Waals surface area contributed by atoms with Crippen LogP contribution in [0, 0.1) is 6.92 Å². The maximum absolute atomic E-state index is 13.1. The third kappa shape index (κ3) is 3.45. The van der Waals surface area contributed by atoms with Crippen molar-refractivity contribution in [1.82, 2.24) is 15.5 Å². The second kappa shape index (κ2) is 7.38. The predicted molar refractivity (Wildman–Crippen MR) is 106 cm³/mol. The predicted octanol–water partition coefficient (Wildman–Crippen LogP) is 2.70. The number of ether oxygens (including phenoxy) is 1. The fraction of sp³-hybridized carbons (Fsp3) is 0.273. The maximum atomic E-state index is 13.1. The lowest BCUT2D eigenvalue weighted by molar-refractivity contribution is -0.125. The standard InChI is InChI=1S/C22H23N3O3/c1-14-4-3-5-16(12-14)20-19-18(23-22(27)24-20)13-25(21(19)26)11-10-15-6-8-17(28-2)9-7-15/h3-9,12,20H,10-11,13H2,1-2H3,(H2,23,24,27)/t20-/m1/s1. The van der Waals surface area contributed by atoms with Crippen LogP contribution in [-0.4, -0.2) is 37.0 Å². The molecule has 2 aromatic rings. The lowest BCUT2D eigenvalue weighted by Crippen LogP contribution is -2.44. The van der Waals surface area contributed by atoms with Gasteiger partial charge in [-0.05, 0) is 36.6 Å². The van der Waals surface area contributed by atoms with Crippen molar-refractivity contribution >= 4 is 11.9 Å². The summed E-state index contributed by atoms with van der Waals surface area (Å²) in [5.41, 5.74) is 4.49. The minimum absolute atomic E-state index is 0.0254. The minimum atomic E-state index is -0.415. The zero-order chi connectivity index (χ0) is 19.7. The summed E-state index contributed by atoms with van der Waals surface area (Å²) in [6, 6.07) is 15.1. The number of amides is 3. The number of hydrogen-bond donors (Lipinski definition) is 2. The van der Waals surface area contributed by atoms with E-state index in [1.54, 1.807) is 12.0 Å². The second-order valence-corrected chi connectivity index (χ2v) is 7.16. The number of carbonyl (C=O) groups is 2. The molecule has 0 bridgehead atoms. The van der Waals surface area contributed by atoms with Gasteiger partial charge in [0, 0.05) is 6.54 Å². The molecule has 2 aromatic carbocycles. The molecule has 0 aromatic heterocycles. The first-order chi connectivity index (χ1) is 13.5. The first-order valence-electron chi connectivity index (χ1n) is 9.34. The Bertz CT molecular complexity index is 950. The normalized spacial score (nSPS) is 18.6. The van der Waals surface area contributed by atoms with E-state index < -0.39 is 6.04 Å². The lowest BCUT2D eigenvalue weighted by atomic mass is 9.95. The molecule has 0 fully saturated rings. The molecule has 0 radical (unpaired) electrons. The Labute approximate surface area is 164 Å². The van der Waals surface area contributed by atoms with Crippen molar-refractivity contribution in [3.8, 4) is 5.75 Å². The Kier molecular flexibility index (Phi) is 4.77. The van der Waals surface area contributed by atoms with Gasteiger partial charge in [-0.3, -0.25) is 4.79 Å². The smallest absolute Gasteiger partial charge is 0.319 e. The Balaban J connectivity index is 1.51. The summed E-state index contributed by atoms with van der Waals surface area (Å²) >= 11 is 0. The summed E-state index contributed by atoms with van der Waals surface area (Å²) in [6.45, 7) is 3.02. The van der Waals surface area contributed by atoms with Gasteiger partial charge in [0.05, 0.1) is 31.0 Å². The summed E-state index contributed by atoms with van der Waals surface area (Å²) in [4.78, 5) is 27.0. The van der Waals surface area contributed by atoms with E-state index in [-0.39, 0.29) is 11.9 Å². The summed E-state index contributed by atoms with van der Waals surface area (Å²) in [7, 11) is 1.64. The van der Waals surface area contributed by atoms with E-state index in [0.29, 0.717) is 24.4 Å². The fourth-order valence-corrected chi connectivity index (χ4v) is 3.76. The first kappa shape index (κ1) is 18.1. The van der Waals surface area contributed by atoms with Gasteiger partial charge in [-0.1, -0.05) is 42.0 Å². The van der Waals surface area contributed by atoms with Crippen LogP contribution in [0.15, 0.2) is 59.8 Å². The first-order valence-corrected chi connectivity index (χ1v) is 9.34. The van der Waals surface area contributed by atoms with Crippen molar-refractivity contribution in [3.05, 3.63) is 76.5 Å². The molecular weight excluding hydrogens is 354 g/mol. The molecule has 0 saturated heterocycles. The van der Waals surface area contributed by atoms with Gasteiger partial charge in [0.15, 0.2) is 0 Å². The van der Waals surface area contributed by atoms with E-state index in [1.165, 1.54) is 0 Å². The third-order valence-corrected chi connectivity index (χ3v) is 5.23. The van der Waals surface area contributed by atoms with Gasteiger partial charge in [-0.15, -0.1) is 0 Å². The van der Waals surface area contributed by atoms with Crippen molar-refractivity contribution < 1.29 is 14.3 Å². The van der Waals surface area contributed by atoms with Crippen molar-refractivity contribution in [2.24, 2.45) is 0 Å². The number of hydrogen-bond acceptors (Lipinski definition) is 3. The fourth-order valence-electron chi connectivity index (χ4n) is 3.76. The zero-order valence-electron chi connectivity index (χ0n) is 16.0. The maximum Gasteiger partial charge on any atom is 0.319 e. The van der Waals surface area contributed by atoms with Crippen LogP contribution in [0.25, 0.3) is 0 Å². The molecule has 4 rings (SSSR count). The highest BCUT2D eigenvalue weighted by Gasteiger charge is 2.40. The lowest BCUT2D eigenvalue weighted by Gasteiger charge is -2.25. The average molecular weight is 377 g/mol. The SMILES string of the molecule is COc1ccc(CCN2CC3=C(C2=O)[C@@H](c2cccc(C)c2)NC(=O)N3)cc1. The quantitative estimate of drug-likeness (QED) is 0.842. The van der Waals surface area contributed by atoms with E-state index >= 15 is 0 Å². The number of urea groups is 1. The van der Waals surface area contributed by atoms with Gasteiger partial charge in [0.25, 0.3) is 5.91 Å². The highest BCUT2D eigenvalue weighted by atomic mass is 16.5. The van der Waals surface area contributed by atoms with Crippen LogP contribution in [0.2, 0.25) is 0 Å². The van der Waals surface area contributed by atoms with Crippen molar-refractivity contribution in [1.29, 1.82) is 0 Å². The van der Waals surface area contributed by atoms with E-state index in [2.05, 4.69) is 10.6 Å². The Morgan fingerprint density at radius 3 is 2.64 bits per heavy atom. The molecule has 1 atom stereocenters. The topological polar surface area (TPSA) is 70.7 Å². The summed E-state index contributed by atoms with van der Waals surface area (Å²) in [6.07, 6.45) is 0.743. The molecule has 2 N–H and O–H groups in total. The zero-order valence-corrected chi connectivity index (χ0v) is 16.0. The molecule has 2 heterocycles. The summed E-state index contributed by atoms with van der Waals surface area (Å²) in [5, 5.41) is 5.72. The number of methoxy groups -OCH3 is 1. The Morgan fingerprint density at radius 2 is 1.93 bits per heavy atom. The number of rotatable bonds is 5. The largest absolute Gasteiger partial charge is 0.497 e. The molecule has 0 unspecified atom stereocenters. The van der Waals surface area contributed by atoms with Gasteiger partial charge < -0.3 is 20.3 Å². The van der Waals surface area contributed by atoms with Gasteiger partial charge in [0.2, 0.25) is 0 Å². The molecule has 0 aliphatic carbocycles. The third-order valence-electron chi connectivity index (χ3n) is 5.23. The van der Waals surface area contributed by atoms with Crippen molar-refractivity contribution in [2.75, 3.05) is 20.2 Å².